The smallest absolute Gasteiger partial charge is 0.410 e. The first-order chi connectivity index (χ1) is 16.2. The lowest BCUT2D eigenvalue weighted by Crippen LogP contribution is -2.42. The van der Waals surface area contributed by atoms with Crippen molar-refractivity contribution in [2.75, 3.05) is 13.1 Å². The van der Waals surface area contributed by atoms with Crippen LogP contribution < -0.4 is 0 Å². The summed E-state index contributed by atoms with van der Waals surface area (Å²) in [4.78, 5) is 32.3. The Bertz CT molecular complexity index is 1120. The molecule has 0 saturated carbocycles. The number of halogens is 1. The highest BCUT2D eigenvalue weighted by Crippen LogP contribution is 2.24. The number of rotatable bonds is 5. The molecule has 1 aromatic carbocycles. The highest BCUT2D eigenvalue weighted by atomic mass is 35.5. The Morgan fingerprint density at radius 3 is 2.53 bits per heavy atom. The van der Waals surface area contributed by atoms with Crippen molar-refractivity contribution in [2.45, 2.75) is 52.1 Å². The number of carbonyl (C=O) groups is 1. The third-order valence-corrected chi connectivity index (χ3v) is 5.94. The molecule has 3 aromatic rings. The van der Waals surface area contributed by atoms with Gasteiger partial charge in [0.15, 0.2) is 0 Å². The van der Waals surface area contributed by atoms with Gasteiger partial charge in [-0.15, -0.1) is 0 Å². The number of piperidine rings is 1. The zero-order valence-corrected chi connectivity index (χ0v) is 20.6. The maximum Gasteiger partial charge on any atom is 0.410 e. The maximum atomic E-state index is 12.3. The zero-order chi connectivity index (χ0) is 24.1. The van der Waals surface area contributed by atoms with Crippen LogP contribution in [0.4, 0.5) is 4.79 Å². The van der Waals surface area contributed by atoms with Gasteiger partial charge in [0.05, 0.1) is 17.6 Å². The van der Waals surface area contributed by atoms with Crippen molar-refractivity contribution in [2.24, 2.45) is 5.92 Å². The van der Waals surface area contributed by atoms with E-state index in [1.54, 1.807) is 23.5 Å². The Balaban J connectivity index is 1.34. The molecule has 0 unspecified atom stereocenters. The van der Waals surface area contributed by atoms with Gasteiger partial charge >= 0.3 is 6.09 Å². The average molecular weight is 480 g/mol. The SMILES string of the molecule is CC(C)(C)OC(=O)N1CCC(Cc2cncc(-c3cnc(Cc4cccc(Cl)c4)nc3)n2)CC1. The quantitative estimate of drug-likeness (QED) is 0.489. The Morgan fingerprint density at radius 2 is 1.85 bits per heavy atom. The Kier molecular flexibility index (Phi) is 7.41. The van der Waals surface area contributed by atoms with E-state index >= 15 is 0 Å². The van der Waals surface area contributed by atoms with E-state index in [9.17, 15) is 4.79 Å². The van der Waals surface area contributed by atoms with Crippen LogP contribution >= 0.6 is 11.6 Å². The van der Waals surface area contributed by atoms with Crippen LogP contribution in [-0.4, -0.2) is 49.6 Å². The van der Waals surface area contributed by atoms with Crippen LogP contribution in [0.25, 0.3) is 11.3 Å². The van der Waals surface area contributed by atoms with E-state index in [2.05, 4.69) is 15.0 Å². The van der Waals surface area contributed by atoms with Gasteiger partial charge in [0.2, 0.25) is 0 Å². The highest BCUT2D eigenvalue weighted by Gasteiger charge is 2.27. The van der Waals surface area contributed by atoms with E-state index in [0.29, 0.717) is 30.5 Å². The number of aromatic nitrogens is 4. The first-order valence-electron chi connectivity index (χ1n) is 11.6. The molecule has 0 radical (unpaired) electrons. The fraction of sp³-hybridized carbons (Fsp3) is 0.423. The topological polar surface area (TPSA) is 81.1 Å². The number of nitrogens with zero attached hydrogens (tertiary/aromatic N) is 5. The number of carbonyl (C=O) groups excluding carboxylic acids is 1. The summed E-state index contributed by atoms with van der Waals surface area (Å²) in [6, 6.07) is 7.71. The van der Waals surface area contributed by atoms with E-state index in [1.165, 1.54) is 0 Å². The molecule has 1 saturated heterocycles. The fourth-order valence-corrected chi connectivity index (χ4v) is 4.21. The minimum Gasteiger partial charge on any atom is -0.444 e. The molecule has 0 N–H and O–H groups in total. The van der Waals surface area contributed by atoms with Gasteiger partial charge in [-0.05, 0) is 63.6 Å². The molecule has 1 aliphatic heterocycles. The van der Waals surface area contributed by atoms with Crippen LogP contribution in [-0.2, 0) is 17.6 Å². The second-order valence-electron chi connectivity index (χ2n) is 9.71. The summed E-state index contributed by atoms with van der Waals surface area (Å²) in [5.41, 5.74) is 3.14. The van der Waals surface area contributed by atoms with Crippen molar-refractivity contribution >= 4 is 17.7 Å². The molecule has 34 heavy (non-hydrogen) atoms. The largest absolute Gasteiger partial charge is 0.444 e. The summed E-state index contributed by atoms with van der Waals surface area (Å²) in [6.07, 6.45) is 10.2. The summed E-state index contributed by atoms with van der Waals surface area (Å²) >= 11 is 6.07. The minimum atomic E-state index is -0.471. The lowest BCUT2D eigenvalue weighted by Gasteiger charge is -2.33. The lowest BCUT2D eigenvalue weighted by molar-refractivity contribution is 0.0184. The maximum absolute atomic E-state index is 12.3. The van der Waals surface area contributed by atoms with Crippen LogP contribution in [0.1, 0.15) is 50.7 Å². The molecule has 1 amide bonds. The summed E-state index contributed by atoms with van der Waals surface area (Å²) < 4.78 is 5.49. The molecule has 1 fully saturated rings. The molecule has 8 heteroatoms. The molecule has 2 aromatic heterocycles. The van der Waals surface area contributed by atoms with Gasteiger partial charge in [-0.25, -0.2) is 19.7 Å². The highest BCUT2D eigenvalue weighted by molar-refractivity contribution is 6.30. The van der Waals surface area contributed by atoms with Gasteiger partial charge in [0.1, 0.15) is 11.4 Å². The van der Waals surface area contributed by atoms with Gasteiger partial charge in [0.25, 0.3) is 0 Å². The third-order valence-electron chi connectivity index (χ3n) is 5.70. The monoisotopic (exact) mass is 479 g/mol. The number of likely N-dealkylation sites (tertiary alicyclic amines) is 1. The molecular weight excluding hydrogens is 450 g/mol. The molecule has 1 aliphatic rings. The summed E-state index contributed by atoms with van der Waals surface area (Å²) in [5.74, 6) is 1.19. The number of hydrogen-bond acceptors (Lipinski definition) is 6. The molecular formula is C26H30ClN5O2. The van der Waals surface area contributed by atoms with Crippen LogP contribution in [0, 0.1) is 5.92 Å². The number of ether oxygens (including phenoxy) is 1. The minimum absolute atomic E-state index is 0.230. The molecule has 178 valence electrons. The molecule has 0 atom stereocenters. The average Bonchev–Trinajstić information content (AvgIpc) is 2.79. The van der Waals surface area contributed by atoms with Crippen molar-refractivity contribution in [1.29, 1.82) is 0 Å². The Hall–Kier alpha value is -3.06. The molecule has 3 heterocycles. The first kappa shape index (κ1) is 24.1. The van der Waals surface area contributed by atoms with E-state index in [1.807, 2.05) is 51.2 Å². The van der Waals surface area contributed by atoms with Crippen molar-refractivity contribution < 1.29 is 9.53 Å². The number of hydrogen-bond donors (Lipinski definition) is 0. The number of benzene rings is 1. The van der Waals surface area contributed by atoms with Crippen molar-refractivity contribution in [3.63, 3.8) is 0 Å². The third kappa shape index (κ3) is 6.73. The predicted octanol–water partition coefficient (Wildman–Crippen LogP) is 5.37. The van der Waals surface area contributed by atoms with Gasteiger partial charge in [0, 0.05) is 48.7 Å². The fourth-order valence-electron chi connectivity index (χ4n) is 3.99. The molecule has 0 aliphatic carbocycles. The van der Waals surface area contributed by atoms with Crippen molar-refractivity contribution in [3.05, 3.63) is 71.2 Å². The van der Waals surface area contributed by atoms with E-state index in [4.69, 9.17) is 21.3 Å². The second-order valence-corrected chi connectivity index (χ2v) is 10.1. The van der Waals surface area contributed by atoms with E-state index < -0.39 is 5.60 Å². The number of amides is 1. The Labute approximate surface area is 205 Å². The lowest BCUT2D eigenvalue weighted by atomic mass is 9.92. The van der Waals surface area contributed by atoms with Crippen molar-refractivity contribution in [3.8, 4) is 11.3 Å². The van der Waals surface area contributed by atoms with Gasteiger partial charge in [-0.3, -0.25) is 4.98 Å². The standard InChI is InChI=1S/C26H30ClN5O2/c1-26(2,3)34-25(33)32-9-7-18(8-10-32)12-22-16-28-17-23(31-22)20-14-29-24(30-15-20)13-19-5-4-6-21(27)11-19/h4-6,11,14-18H,7-10,12-13H2,1-3H3. The van der Waals surface area contributed by atoms with E-state index in [0.717, 1.165) is 47.6 Å². The summed E-state index contributed by atoms with van der Waals surface area (Å²) in [5, 5.41) is 0.705. The van der Waals surface area contributed by atoms with Gasteiger partial charge in [-0.1, -0.05) is 23.7 Å². The second kappa shape index (κ2) is 10.5. The molecule has 4 rings (SSSR count). The van der Waals surface area contributed by atoms with Crippen LogP contribution in [0.2, 0.25) is 5.02 Å². The Morgan fingerprint density at radius 1 is 1.12 bits per heavy atom. The molecule has 7 nitrogen and oxygen atoms in total. The summed E-state index contributed by atoms with van der Waals surface area (Å²) in [6.45, 7) is 7.08. The first-order valence-corrected chi connectivity index (χ1v) is 12.0. The van der Waals surface area contributed by atoms with E-state index in [-0.39, 0.29) is 6.09 Å². The molecule has 0 bridgehead atoms. The van der Waals surface area contributed by atoms with Crippen LogP contribution in [0.15, 0.2) is 49.1 Å². The van der Waals surface area contributed by atoms with Gasteiger partial charge < -0.3 is 9.64 Å². The van der Waals surface area contributed by atoms with Crippen molar-refractivity contribution in [1.82, 2.24) is 24.8 Å². The van der Waals surface area contributed by atoms with Crippen LogP contribution in [0.3, 0.4) is 0 Å². The molecule has 0 spiro atoms. The van der Waals surface area contributed by atoms with Crippen LogP contribution in [0.5, 0.6) is 0 Å². The predicted molar refractivity (Wildman–Crippen MR) is 132 cm³/mol. The summed E-state index contributed by atoms with van der Waals surface area (Å²) in [7, 11) is 0. The zero-order valence-electron chi connectivity index (χ0n) is 19.9. The van der Waals surface area contributed by atoms with Gasteiger partial charge in [-0.2, -0.15) is 0 Å². The normalized spacial score (nSPS) is 14.8.